The molecule has 3 N–H and O–H groups in total. The lowest BCUT2D eigenvalue weighted by molar-refractivity contribution is 0.422. The van der Waals surface area contributed by atoms with E-state index in [0.29, 0.717) is 10.2 Å². The van der Waals surface area contributed by atoms with Crippen LogP contribution in [0.5, 0.6) is 0 Å². The molecule has 1 aliphatic carbocycles. The lowest BCUT2D eigenvalue weighted by atomic mass is 9.96. The van der Waals surface area contributed by atoms with Crippen molar-refractivity contribution >= 4 is 43.9 Å². The molecule has 1 fully saturated rings. The summed E-state index contributed by atoms with van der Waals surface area (Å²) in [5, 5.41) is 2.18. The molecule has 9 heteroatoms. The molecule has 1 saturated carbocycles. The van der Waals surface area contributed by atoms with Gasteiger partial charge in [-0.2, -0.15) is 11.8 Å². The first-order valence-electron chi connectivity index (χ1n) is 6.79. The van der Waals surface area contributed by atoms with E-state index >= 15 is 0 Å². The molecule has 2 aromatic rings. The number of imidazole rings is 1. The average molecular weight is 347 g/mol. The van der Waals surface area contributed by atoms with E-state index in [4.69, 9.17) is 5.73 Å². The van der Waals surface area contributed by atoms with Gasteiger partial charge in [-0.15, -0.1) is 11.3 Å². The van der Waals surface area contributed by atoms with Crippen molar-refractivity contribution in [2.24, 2.45) is 0 Å². The third kappa shape index (κ3) is 2.79. The van der Waals surface area contributed by atoms with Crippen LogP contribution in [0.3, 0.4) is 0 Å². The monoisotopic (exact) mass is 346 g/mol. The fraction of sp³-hybridized carbons (Fsp3) is 0.583. The van der Waals surface area contributed by atoms with Gasteiger partial charge in [-0.25, -0.2) is 18.1 Å². The molecular formula is C12H18N4O2S3. The molecule has 0 spiro atoms. The molecule has 21 heavy (non-hydrogen) atoms. The van der Waals surface area contributed by atoms with Gasteiger partial charge in [0.15, 0.2) is 15.8 Å². The molecule has 2 atom stereocenters. The second-order valence-electron chi connectivity index (χ2n) is 5.14. The van der Waals surface area contributed by atoms with Crippen molar-refractivity contribution in [3.05, 3.63) is 11.6 Å². The first-order valence-corrected chi connectivity index (χ1v) is 10.4. The highest BCUT2D eigenvalue weighted by atomic mass is 32.2. The van der Waals surface area contributed by atoms with Gasteiger partial charge in [0.2, 0.25) is 0 Å². The number of nitrogen functional groups attached to an aromatic ring is 1. The van der Waals surface area contributed by atoms with Crippen molar-refractivity contribution in [3.8, 4) is 0 Å². The normalized spacial score (nSPS) is 23.7. The number of anilines is 1. The Morgan fingerprint density at radius 1 is 1.48 bits per heavy atom. The van der Waals surface area contributed by atoms with Crippen LogP contribution in [0.2, 0.25) is 0 Å². The Kier molecular flexibility index (Phi) is 4.17. The number of thioether (sulfide) groups is 1. The van der Waals surface area contributed by atoms with E-state index in [0.717, 1.165) is 25.7 Å². The highest BCUT2D eigenvalue weighted by Gasteiger charge is 2.32. The van der Waals surface area contributed by atoms with Crippen LogP contribution in [0.25, 0.3) is 4.96 Å². The minimum atomic E-state index is -3.67. The number of rotatable bonds is 4. The summed E-state index contributed by atoms with van der Waals surface area (Å²) >= 11 is 3.09. The van der Waals surface area contributed by atoms with Crippen LogP contribution in [0.15, 0.2) is 16.6 Å². The highest BCUT2D eigenvalue weighted by Crippen LogP contribution is 2.29. The van der Waals surface area contributed by atoms with Crippen LogP contribution in [0.4, 0.5) is 5.82 Å². The average Bonchev–Trinajstić information content (AvgIpc) is 2.98. The van der Waals surface area contributed by atoms with E-state index in [-0.39, 0.29) is 16.9 Å². The van der Waals surface area contributed by atoms with Gasteiger partial charge < -0.3 is 5.73 Å². The predicted octanol–water partition coefficient (Wildman–Crippen LogP) is 1.93. The summed E-state index contributed by atoms with van der Waals surface area (Å²) in [7, 11) is -3.67. The molecule has 0 bridgehead atoms. The van der Waals surface area contributed by atoms with Gasteiger partial charge >= 0.3 is 0 Å². The molecule has 116 valence electrons. The fourth-order valence-corrected chi connectivity index (χ4v) is 6.14. The number of fused-ring (bicyclic) bond motifs is 1. The van der Waals surface area contributed by atoms with Crippen molar-refractivity contribution in [2.45, 2.75) is 42.0 Å². The Hall–Kier alpha value is -0.770. The van der Waals surface area contributed by atoms with E-state index in [1.165, 1.54) is 11.3 Å². The molecule has 0 saturated heterocycles. The lowest BCUT2D eigenvalue weighted by Gasteiger charge is -2.30. The van der Waals surface area contributed by atoms with Crippen molar-refractivity contribution in [3.63, 3.8) is 0 Å². The molecule has 0 amide bonds. The molecule has 1 aliphatic rings. The van der Waals surface area contributed by atoms with E-state index < -0.39 is 10.0 Å². The van der Waals surface area contributed by atoms with Crippen LogP contribution in [0.1, 0.15) is 25.7 Å². The first-order chi connectivity index (χ1) is 10.0. The van der Waals surface area contributed by atoms with E-state index in [9.17, 15) is 8.42 Å². The quantitative estimate of drug-likeness (QED) is 0.883. The molecule has 0 aromatic carbocycles. The maximum absolute atomic E-state index is 12.7. The van der Waals surface area contributed by atoms with Crippen LogP contribution in [0, 0.1) is 0 Å². The summed E-state index contributed by atoms with van der Waals surface area (Å²) in [5.74, 6) is 0.0610. The SMILES string of the molecule is CSC1CCCCC1NS(=O)(=O)c1c(N)nc2sccn12. The summed E-state index contributed by atoms with van der Waals surface area (Å²) in [6.45, 7) is 0. The minimum absolute atomic E-state index is 0.0395. The van der Waals surface area contributed by atoms with Gasteiger partial charge in [-0.05, 0) is 19.1 Å². The number of nitrogens with one attached hydrogen (secondary N) is 1. The zero-order valence-corrected chi connectivity index (χ0v) is 14.1. The van der Waals surface area contributed by atoms with Crippen molar-refractivity contribution < 1.29 is 8.42 Å². The molecule has 0 aliphatic heterocycles. The zero-order valence-electron chi connectivity index (χ0n) is 11.7. The molecule has 2 aromatic heterocycles. The van der Waals surface area contributed by atoms with Crippen molar-refractivity contribution in [1.82, 2.24) is 14.1 Å². The van der Waals surface area contributed by atoms with E-state index in [2.05, 4.69) is 9.71 Å². The Bertz CT molecular complexity index is 737. The summed E-state index contributed by atoms with van der Waals surface area (Å²) < 4.78 is 29.8. The maximum atomic E-state index is 12.7. The summed E-state index contributed by atoms with van der Waals surface area (Å²) in [6.07, 6.45) is 7.85. The third-order valence-electron chi connectivity index (χ3n) is 3.81. The number of aromatic nitrogens is 2. The second-order valence-corrected chi connectivity index (χ2v) is 8.72. The van der Waals surface area contributed by atoms with Gasteiger partial charge in [0, 0.05) is 22.9 Å². The van der Waals surface area contributed by atoms with E-state index in [1.807, 2.05) is 6.26 Å². The Morgan fingerprint density at radius 2 is 2.24 bits per heavy atom. The Morgan fingerprint density at radius 3 is 3.00 bits per heavy atom. The van der Waals surface area contributed by atoms with Gasteiger partial charge in [-0.1, -0.05) is 12.8 Å². The molecule has 2 unspecified atom stereocenters. The molecular weight excluding hydrogens is 328 g/mol. The molecule has 0 radical (unpaired) electrons. The molecule has 3 rings (SSSR count). The number of nitrogens with zero attached hydrogens (tertiary/aromatic N) is 2. The van der Waals surface area contributed by atoms with Crippen molar-refractivity contribution in [1.29, 1.82) is 0 Å². The third-order valence-corrected chi connectivity index (χ3v) is 7.26. The van der Waals surface area contributed by atoms with E-state index in [1.54, 1.807) is 27.7 Å². The van der Waals surface area contributed by atoms with Crippen LogP contribution < -0.4 is 10.5 Å². The lowest BCUT2D eigenvalue weighted by Crippen LogP contribution is -2.44. The number of nitrogens with two attached hydrogens (primary N) is 1. The van der Waals surface area contributed by atoms with Gasteiger partial charge in [0.05, 0.1) is 0 Å². The van der Waals surface area contributed by atoms with Crippen LogP contribution in [-0.4, -0.2) is 35.4 Å². The molecule has 6 nitrogen and oxygen atoms in total. The predicted molar refractivity (Wildman–Crippen MR) is 87.4 cm³/mol. The summed E-state index contributed by atoms with van der Waals surface area (Å²) in [5.41, 5.74) is 5.81. The maximum Gasteiger partial charge on any atom is 0.260 e. The van der Waals surface area contributed by atoms with Crippen LogP contribution in [-0.2, 0) is 10.0 Å². The number of hydrogen-bond donors (Lipinski definition) is 2. The first kappa shape index (κ1) is 15.1. The summed E-state index contributed by atoms with van der Waals surface area (Å²) in [4.78, 5) is 4.70. The Labute approximate surface area is 132 Å². The Balaban J connectivity index is 1.93. The smallest absolute Gasteiger partial charge is 0.260 e. The number of thiazole rings is 1. The minimum Gasteiger partial charge on any atom is -0.381 e. The fourth-order valence-electron chi connectivity index (χ4n) is 2.82. The van der Waals surface area contributed by atoms with Crippen molar-refractivity contribution in [2.75, 3.05) is 12.0 Å². The van der Waals surface area contributed by atoms with Gasteiger partial charge in [0.25, 0.3) is 10.0 Å². The number of hydrogen-bond acceptors (Lipinski definition) is 6. The topological polar surface area (TPSA) is 89.5 Å². The van der Waals surface area contributed by atoms with Crippen LogP contribution >= 0.6 is 23.1 Å². The standard InChI is InChI=1S/C12H18N4O2S3/c1-19-9-5-3-2-4-8(9)15-21(17,18)11-10(13)14-12-16(11)6-7-20-12/h6-9,15H,2-5,13H2,1H3. The largest absolute Gasteiger partial charge is 0.381 e. The number of sulfonamides is 1. The highest BCUT2D eigenvalue weighted by molar-refractivity contribution is 7.99. The summed E-state index contributed by atoms with van der Waals surface area (Å²) in [6, 6.07) is -0.0395. The zero-order chi connectivity index (χ0) is 15.0. The van der Waals surface area contributed by atoms with Gasteiger partial charge in [0.1, 0.15) is 0 Å². The second kappa shape index (κ2) is 5.79. The van der Waals surface area contributed by atoms with Gasteiger partial charge in [-0.3, -0.25) is 4.40 Å². The molecule has 2 heterocycles.